The van der Waals surface area contributed by atoms with E-state index in [9.17, 15) is 27.6 Å². The van der Waals surface area contributed by atoms with Crippen LogP contribution in [-0.2, 0) is 14.4 Å². The van der Waals surface area contributed by atoms with Crippen LogP contribution >= 0.6 is 0 Å². The number of amides is 3. The zero-order chi connectivity index (χ0) is 20.4. The molecule has 0 saturated carbocycles. The number of fused-ring (bicyclic) bond motifs is 1. The number of nitrogens with zero attached hydrogens (tertiary/aromatic N) is 1. The van der Waals surface area contributed by atoms with E-state index in [0.29, 0.717) is 12.8 Å². The average Bonchev–Trinajstić information content (AvgIpc) is 2.83. The lowest BCUT2D eigenvalue weighted by molar-refractivity contribution is -0.205. The number of nitrogens with one attached hydrogen (secondary N) is 1. The number of rotatable bonds is 7. The van der Waals surface area contributed by atoms with Gasteiger partial charge >= 0.3 is 6.18 Å². The number of aliphatic hydroxyl groups is 1. The van der Waals surface area contributed by atoms with E-state index < -0.39 is 60.8 Å². The fourth-order valence-electron chi connectivity index (χ4n) is 3.52. The van der Waals surface area contributed by atoms with Crippen LogP contribution in [0.5, 0.6) is 0 Å². The molecule has 0 bridgehead atoms. The summed E-state index contributed by atoms with van der Waals surface area (Å²) < 4.78 is 37.1. The molecule has 0 spiro atoms. The lowest BCUT2D eigenvalue weighted by atomic mass is 9.85. The van der Waals surface area contributed by atoms with Gasteiger partial charge in [0.25, 0.3) is 0 Å². The molecule has 1 saturated heterocycles. The minimum absolute atomic E-state index is 0.0112. The fraction of sp³-hybridized carbons (Fsp3) is 0.722. The lowest BCUT2D eigenvalue weighted by Crippen LogP contribution is -2.51. The topological polar surface area (TPSA) is 86.7 Å². The summed E-state index contributed by atoms with van der Waals surface area (Å²) in [5, 5.41) is 11.3. The first-order chi connectivity index (χ1) is 12.5. The van der Waals surface area contributed by atoms with Crippen molar-refractivity contribution in [2.75, 3.05) is 6.54 Å². The van der Waals surface area contributed by atoms with E-state index in [4.69, 9.17) is 5.11 Å². The van der Waals surface area contributed by atoms with Crippen molar-refractivity contribution in [3.63, 3.8) is 0 Å². The smallest absolute Gasteiger partial charge is 0.384 e. The Kier molecular flexibility index (Phi) is 6.67. The first-order valence-electron chi connectivity index (χ1n) is 9.08. The number of aliphatic hydroxyl groups excluding tert-OH is 1. The Hall–Kier alpha value is -1.90. The Balaban J connectivity index is 2.07. The highest BCUT2D eigenvalue weighted by molar-refractivity contribution is 6.08. The third-order valence-electron chi connectivity index (χ3n) is 4.95. The zero-order valence-corrected chi connectivity index (χ0v) is 15.3. The van der Waals surface area contributed by atoms with Crippen LogP contribution in [0, 0.1) is 17.8 Å². The predicted octanol–water partition coefficient (Wildman–Crippen LogP) is 1.78. The molecule has 2 N–H and O–H groups in total. The van der Waals surface area contributed by atoms with E-state index in [-0.39, 0.29) is 12.3 Å². The summed E-state index contributed by atoms with van der Waals surface area (Å²) in [6.45, 7) is 3.25. The number of carbonyl (C=O) groups is 3. The van der Waals surface area contributed by atoms with Gasteiger partial charge in [-0.05, 0) is 31.6 Å². The van der Waals surface area contributed by atoms with Gasteiger partial charge in [-0.2, -0.15) is 13.2 Å². The van der Waals surface area contributed by atoms with Crippen LogP contribution in [0.15, 0.2) is 12.2 Å². The second kappa shape index (κ2) is 8.41. The van der Waals surface area contributed by atoms with Gasteiger partial charge in [0.1, 0.15) is 6.04 Å². The van der Waals surface area contributed by atoms with Crippen LogP contribution in [0.4, 0.5) is 13.2 Å². The summed E-state index contributed by atoms with van der Waals surface area (Å²) in [4.78, 5) is 38.9. The summed E-state index contributed by atoms with van der Waals surface area (Å²) in [5.74, 6) is -2.43. The van der Waals surface area contributed by atoms with Gasteiger partial charge in [0.15, 0.2) is 6.10 Å². The van der Waals surface area contributed by atoms with Crippen molar-refractivity contribution in [3.05, 3.63) is 12.2 Å². The van der Waals surface area contributed by atoms with Crippen molar-refractivity contribution in [3.8, 4) is 0 Å². The van der Waals surface area contributed by atoms with Crippen LogP contribution in [0.1, 0.15) is 39.5 Å². The molecule has 1 aliphatic heterocycles. The molecule has 2 rings (SSSR count). The molecular weight excluding hydrogens is 365 g/mol. The number of hydrogen-bond donors (Lipinski definition) is 2. The Labute approximate surface area is 155 Å². The SMILES string of the molecule is CC(C)CC(C(=O)NCCC(O)C(F)(F)F)N1C(=O)C2CC=CCC2C1=O. The maximum absolute atomic E-state index is 12.7. The largest absolute Gasteiger partial charge is 0.414 e. The number of likely N-dealkylation sites (tertiary alicyclic amines) is 1. The van der Waals surface area contributed by atoms with Crippen LogP contribution in [-0.4, -0.2) is 52.6 Å². The third kappa shape index (κ3) is 4.88. The molecule has 4 atom stereocenters. The average molecular weight is 390 g/mol. The van der Waals surface area contributed by atoms with Gasteiger partial charge in [-0.1, -0.05) is 26.0 Å². The van der Waals surface area contributed by atoms with Gasteiger partial charge in [0.05, 0.1) is 11.8 Å². The van der Waals surface area contributed by atoms with E-state index >= 15 is 0 Å². The number of allylic oxidation sites excluding steroid dienone is 2. The molecule has 27 heavy (non-hydrogen) atoms. The maximum Gasteiger partial charge on any atom is 0.414 e. The number of hydrogen-bond acceptors (Lipinski definition) is 4. The first-order valence-corrected chi connectivity index (χ1v) is 9.08. The normalized spacial score (nSPS) is 24.9. The van der Waals surface area contributed by atoms with E-state index in [1.54, 1.807) is 0 Å². The molecule has 1 aliphatic carbocycles. The number of alkyl halides is 3. The molecule has 1 heterocycles. The van der Waals surface area contributed by atoms with Gasteiger partial charge in [-0.15, -0.1) is 0 Å². The van der Waals surface area contributed by atoms with Crippen molar-refractivity contribution < 1.29 is 32.7 Å². The van der Waals surface area contributed by atoms with Crippen molar-refractivity contribution in [1.29, 1.82) is 0 Å². The number of imide groups is 1. The minimum atomic E-state index is -4.76. The molecule has 0 aromatic heterocycles. The molecule has 2 aliphatic rings. The van der Waals surface area contributed by atoms with Gasteiger partial charge in [0.2, 0.25) is 17.7 Å². The van der Waals surface area contributed by atoms with Gasteiger partial charge in [-0.3, -0.25) is 19.3 Å². The Bertz CT molecular complexity index is 592. The molecule has 4 unspecified atom stereocenters. The second-order valence-corrected chi connectivity index (χ2v) is 7.48. The highest BCUT2D eigenvalue weighted by atomic mass is 19.4. The van der Waals surface area contributed by atoms with Gasteiger partial charge < -0.3 is 10.4 Å². The van der Waals surface area contributed by atoms with Gasteiger partial charge in [0, 0.05) is 6.54 Å². The van der Waals surface area contributed by atoms with Crippen molar-refractivity contribution in [2.45, 2.75) is 57.9 Å². The third-order valence-corrected chi connectivity index (χ3v) is 4.95. The predicted molar refractivity (Wildman–Crippen MR) is 90.1 cm³/mol. The highest BCUT2D eigenvalue weighted by Gasteiger charge is 2.51. The Morgan fingerprint density at radius 3 is 2.19 bits per heavy atom. The lowest BCUT2D eigenvalue weighted by Gasteiger charge is -2.27. The molecule has 9 heteroatoms. The summed E-state index contributed by atoms with van der Waals surface area (Å²) in [5.41, 5.74) is 0. The molecule has 0 aromatic carbocycles. The molecule has 152 valence electrons. The summed E-state index contributed by atoms with van der Waals surface area (Å²) in [7, 11) is 0. The number of halogens is 3. The number of carbonyl (C=O) groups excluding carboxylic acids is 3. The van der Waals surface area contributed by atoms with E-state index in [0.717, 1.165) is 4.90 Å². The molecule has 1 fully saturated rings. The first kappa shape index (κ1) is 21.4. The minimum Gasteiger partial charge on any atom is -0.384 e. The summed E-state index contributed by atoms with van der Waals surface area (Å²) in [6, 6.07) is -1.06. The standard InChI is InChI=1S/C18H25F3N2O4/c1-10(2)9-13(15(25)22-8-7-14(24)18(19,20)21)23-16(26)11-5-3-4-6-12(11)17(23)27/h3-4,10-14,24H,5-9H2,1-2H3,(H,22,25). The molecule has 3 amide bonds. The van der Waals surface area contributed by atoms with Crippen LogP contribution < -0.4 is 5.32 Å². The van der Waals surface area contributed by atoms with E-state index in [1.165, 1.54) is 0 Å². The van der Waals surface area contributed by atoms with Crippen molar-refractivity contribution >= 4 is 17.7 Å². The summed E-state index contributed by atoms with van der Waals surface area (Å²) in [6.07, 6.45) is -3.20. The Morgan fingerprint density at radius 2 is 1.74 bits per heavy atom. The van der Waals surface area contributed by atoms with Crippen LogP contribution in [0.25, 0.3) is 0 Å². The van der Waals surface area contributed by atoms with Gasteiger partial charge in [-0.25, -0.2) is 0 Å². The maximum atomic E-state index is 12.7. The molecule has 6 nitrogen and oxygen atoms in total. The van der Waals surface area contributed by atoms with E-state index in [2.05, 4.69) is 5.32 Å². The van der Waals surface area contributed by atoms with Crippen LogP contribution in [0.3, 0.4) is 0 Å². The quantitative estimate of drug-likeness (QED) is 0.513. The monoisotopic (exact) mass is 390 g/mol. The van der Waals surface area contributed by atoms with Crippen LogP contribution in [0.2, 0.25) is 0 Å². The zero-order valence-electron chi connectivity index (χ0n) is 15.3. The molecular formula is C18H25F3N2O4. The second-order valence-electron chi connectivity index (χ2n) is 7.48. The van der Waals surface area contributed by atoms with E-state index in [1.807, 2.05) is 26.0 Å². The fourth-order valence-corrected chi connectivity index (χ4v) is 3.52. The molecule has 0 aromatic rings. The summed E-state index contributed by atoms with van der Waals surface area (Å²) >= 11 is 0. The highest BCUT2D eigenvalue weighted by Crippen LogP contribution is 2.37. The Morgan fingerprint density at radius 1 is 1.22 bits per heavy atom. The van der Waals surface area contributed by atoms with Crippen molar-refractivity contribution in [1.82, 2.24) is 10.2 Å². The van der Waals surface area contributed by atoms with Crippen molar-refractivity contribution in [2.24, 2.45) is 17.8 Å². The molecule has 0 radical (unpaired) electrons.